The zero-order chi connectivity index (χ0) is 31.0. The number of nitrogens with one attached hydrogen (secondary N) is 2. The maximum absolute atomic E-state index is 14.1. The van der Waals surface area contributed by atoms with E-state index in [4.69, 9.17) is 4.74 Å². The largest absolute Gasteiger partial charge is 0.472 e. The van der Waals surface area contributed by atoms with E-state index < -0.39 is 47.4 Å². The van der Waals surface area contributed by atoms with Crippen molar-refractivity contribution in [2.45, 2.75) is 56.3 Å². The van der Waals surface area contributed by atoms with Crippen LogP contribution in [-0.2, 0) is 14.4 Å². The molecule has 2 aromatic heterocycles. The van der Waals surface area contributed by atoms with E-state index in [0.29, 0.717) is 23.4 Å². The highest BCUT2D eigenvalue weighted by Crippen LogP contribution is 2.40. The van der Waals surface area contributed by atoms with Gasteiger partial charge in [-0.15, -0.1) is 0 Å². The fourth-order valence-corrected chi connectivity index (χ4v) is 5.78. The van der Waals surface area contributed by atoms with Crippen LogP contribution in [0.1, 0.15) is 43.0 Å². The Kier molecular flexibility index (Phi) is 7.46. The SMILES string of the molecule is CC(NC(=O)c1ccccc1-n1cncn1)C(=O)N(C)C(CC1CC1)C(=O)N1CC2(CC1C#N)Oc1cccnc1NC2=O. The van der Waals surface area contributed by atoms with Gasteiger partial charge in [0, 0.05) is 19.7 Å². The number of fused-ring (bicyclic) bond motifs is 1. The zero-order valence-electron chi connectivity index (χ0n) is 24.2. The van der Waals surface area contributed by atoms with Gasteiger partial charge >= 0.3 is 0 Å². The molecule has 4 amide bonds. The van der Waals surface area contributed by atoms with Gasteiger partial charge in [-0.3, -0.25) is 19.2 Å². The van der Waals surface area contributed by atoms with Gasteiger partial charge in [-0.1, -0.05) is 25.0 Å². The van der Waals surface area contributed by atoms with Crippen LogP contribution in [0.2, 0.25) is 0 Å². The molecule has 3 aliphatic rings. The van der Waals surface area contributed by atoms with E-state index in [9.17, 15) is 24.4 Å². The topological polar surface area (TPSA) is 175 Å². The third-order valence-electron chi connectivity index (χ3n) is 8.36. The number of nitriles is 1. The Bertz CT molecular complexity index is 1650. The highest BCUT2D eigenvalue weighted by atomic mass is 16.5. The summed E-state index contributed by atoms with van der Waals surface area (Å²) in [6, 6.07) is 9.47. The molecule has 14 heteroatoms. The highest BCUT2D eigenvalue weighted by Gasteiger charge is 2.56. The molecular formula is C30H31N9O5. The van der Waals surface area contributed by atoms with Crippen molar-refractivity contribution >= 4 is 29.4 Å². The van der Waals surface area contributed by atoms with Crippen molar-refractivity contribution in [1.29, 1.82) is 5.26 Å². The van der Waals surface area contributed by atoms with Crippen LogP contribution in [0, 0.1) is 17.2 Å². The van der Waals surface area contributed by atoms with Gasteiger partial charge in [0.15, 0.2) is 11.6 Å². The maximum Gasteiger partial charge on any atom is 0.271 e. The van der Waals surface area contributed by atoms with E-state index >= 15 is 0 Å². The molecule has 0 bridgehead atoms. The van der Waals surface area contributed by atoms with Crippen LogP contribution in [0.5, 0.6) is 5.75 Å². The number of carbonyl (C=O) groups excluding carboxylic acids is 4. The molecule has 4 unspecified atom stereocenters. The average Bonchev–Trinajstić information content (AvgIpc) is 3.53. The van der Waals surface area contributed by atoms with Gasteiger partial charge < -0.3 is 25.2 Å². The fraction of sp³-hybridized carbons (Fsp3) is 0.400. The first-order valence-electron chi connectivity index (χ1n) is 14.4. The Morgan fingerprint density at radius 1 is 1.25 bits per heavy atom. The summed E-state index contributed by atoms with van der Waals surface area (Å²) in [7, 11) is 1.53. The zero-order valence-corrected chi connectivity index (χ0v) is 24.2. The summed E-state index contributed by atoms with van der Waals surface area (Å²) in [5, 5.41) is 19.6. The van der Waals surface area contributed by atoms with Crippen molar-refractivity contribution in [2.24, 2.45) is 5.92 Å². The molecule has 6 rings (SSSR count). The quantitative estimate of drug-likeness (QED) is 0.388. The molecule has 2 N–H and O–H groups in total. The Balaban J connectivity index is 1.19. The lowest BCUT2D eigenvalue weighted by molar-refractivity contribution is -0.146. The number of benzene rings is 1. The number of hydrogen-bond donors (Lipinski definition) is 2. The van der Waals surface area contributed by atoms with Crippen LogP contribution in [0.3, 0.4) is 0 Å². The van der Waals surface area contributed by atoms with Crippen LogP contribution in [-0.4, -0.2) is 90.5 Å². The van der Waals surface area contributed by atoms with Crippen LogP contribution in [0.15, 0.2) is 55.2 Å². The molecule has 0 radical (unpaired) electrons. The summed E-state index contributed by atoms with van der Waals surface area (Å²) >= 11 is 0. The number of rotatable bonds is 8. The third kappa shape index (κ3) is 5.32. The molecule has 2 fully saturated rings. The number of likely N-dealkylation sites (tertiary alicyclic amines) is 1. The molecule has 1 aliphatic carbocycles. The number of likely N-dealkylation sites (N-methyl/N-ethyl adjacent to an activating group) is 1. The molecule has 1 saturated carbocycles. The molecule has 226 valence electrons. The van der Waals surface area contributed by atoms with Crippen molar-refractivity contribution in [3.8, 4) is 17.5 Å². The Morgan fingerprint density at radius 2 is 2.05 bits per heavy atom. The van der Waals surface area contributed by atoms with E-state index in [1.54, 1.807) is 43.3 Å². The minimum absolute atomic E-state index is 0.0269. The number of carbonyl (C=O) groups is 4. The van der Waals surface area contributed by atoms with Crippen LogP contribution in [0.25, 0.3) is 5.69 Å². The number of hydrogen-bond acceptors (Lipinski definition) is 9. The lowest BCUT2D eigenvalue weighted by atomic mass is 9.97. The normalized spacial score (nSPS) is 21.8. The number of ether oxygens (including phenoxy) is 1. The minimum Gasteiger partial charge on any atom is -0.472 e. The molecule has 4 atom stereocenters. The van der Waals surface area contributed by atoms with E-state index in [-0.39, 0.29) is 24.7 Å². The average molecular weight is 598 g/mol. The third-order valence-corrected chi connectivity index (χ3v) is 8.36. The van der Waals surface area contributed by atoms with Gasteiger partial charge in [0.25, 0.3) is 11.8 Å². The van der Waals surface area contributed by atoms with Crippen LogP contribution >= 0.6 is 0 Å². The van der Waals surface area contributed by atoms with E-state index in [2.05, 4.69) is 31.8 Å². The number of aromatic nitrogens is 4. The monoisotopic (exact) mass is 597 g/mol. The van der Waals surface area contributed by atoms with E-state index in [0.717, 1.165) is 12.8 Å². The molecule has 1 aromatic carbocycles. The van der Waals surface area contributed by atoms with Crippen LogP contribution < -0.4 is 15.4 Å². The number of anilines is 1. The summed E-state index contributed by atoms with van der Waals surface area (Å²) in [6.45, 7) is 1.40. The summed E-state index contributed by atoms with van der Waals surface area (Å²) in [5.41, 5.74) is -0.666. The minimum atomic E-state index is -1.46. The first-order valence-corrected chi connectivity index (χ1v) is 14.4. The molecule has 4 heterocycles. The summed E-state index contributed by atoms with van der Waals surface area (Å²) < 4.78 is 7.55. The van der Waals surface area contributed by atoms with Gasteiger partial charge in [-0.2, -0.15) is 10.4 Å². The van der Waals surface area contributed by atoms with Crippen molar-refractivity contribution in [2.75, 3.05) is 18.9 Å². The van der Waals surface area contributed by atoms with Crippen molar-refractivity contribution in [1.82, 2.24) is 34.9 Å². The maximum atomic E-state index is 14.1. The van der Waals surface area contributed by atoms with Crippen molar-refractivity contribution in [3.05, 3.63) is 60.8 Å². The molecule has 14 nitrogen and oxygen atoms in total. The second-order valence-electron chi connectivity index (χ2n) is 11.4. The lowest BCUT2D eigenvalue weighted by Gasteiger charge is -2.35. The second kappa shape index (κ2) is 11.4. The number of amides is 4. The standard InChI is InChI=1S/C30H31N9O5/c1-18(35-26(40)21-6-3-4-7-22(21)39-17-32-16-34-39)27(41)37(2)23(12-19-9-10-19)28(42)38-15-30(13-20(38)14-31)29(43)36-25-24(44-30)8-5-11-33-25/h3-8,11,16-20,23H,9-10,12-13,15H2,1-2H3,(H,35,40)(H,33,36,43). The molecule has 2 aliphatic heterocycles. The molecule has 3 aromatic rings. The van der Waals surface area contributed by atoms with E-state index in [1.807, 2.05) is 0 Å². The molecule has 1 spiro atoms. The second-order valence-corrected chi connectivity index (χ2v) is 11.4. The predicted octanol–water partition coefficient (Wildman–Crippen LogP) is 1.30. The summed E-state index contributed by atoms with van der Waals surface area (Å²) in [4.78, 5) is 65.0. The summed E-state index contributed by atoms with van der Waals surface area (Å²) in [5.74, 6) is -0.998. The predicted molar refractivity (Wildman–Crippen MR) is 154 cm³/mol. The smallest absolute Gasteiger partial charge is 0.271 e. The summed E-state index contributed by atoms with van der Waals surface area (Å²) in [6.07, 6.45) is 6.58. The molecule has 1 saturated heterocycles. The molecule has 44 heavy (non-hydrogen) atoms. The van der Waals surface area contributed by atoms with Crippen molar-refractivity contribution < 1.29 is 23.9 Å². The molecular weight excluding hydrogens is 566 g/mol. The van der Waals surface area contributed by atoms with Gasteiger partial charge in [0.1, 0.15) is 30.8 Å². The number of pyridine rings is 1. The van der Waals surface area contributed by atoms with Gasteiger partial charge in [0.2, 0.25) is 17.4 Å². The fourth-order valence-electron chi connectivity index (χ4n) is 5.78. The Morgan fingerprint density at radius 3 is 2.77 bits per heavy atom. The van der Waals surface area contributed by atoms with Gasteiger partial charge in [0.05, 0.1) is 23.9 Å². The van der Waals surface area contributed by atoms with Crippen LogP contribution in [0.4, 0.5) is 5.82 Å². The van der Waals surface area contributed by atoms with E-state index in [1.165, 1.54) is 40.4 Å². The first kappa shape index (κ1) is 28.8. The van der Waals surface area contributed by atoms with Gasteiger partial charge in [-0.25, -0.2) is 14.6 Å². The lowest BCUT2D eigenvalue weighted by Crippen LogP contribution is -2.57. The number of nitrogens with zero attached hydrogens (tertiary/aromatic N) is 7. The van der Waals surface area contributed by atoms with Gasteiger partial charge in [-0.05, 0) is 43.5 Å². The van der Waals surface area contributed by atoms with Crippen molar-refractivity contribution in [3.63, 3.8) is 0 Å². The Hall–Kier alpha value is -5.32. The number of para-hydroxylation sites is 1. The Labute approximate surface area is 253 Å². The highest BCUT2D eigenvalue weighted by molar-refractivity contribution is 6.02. The first-order chi connectivity index (χ1) is 21.2.